The Bertz CT molecular complexity index is 544. The van der Waals surface area contributed by atoms with Crippen LogP contribution < -0.4 is 5.73 Å². The van der Waals surface area contributed by atoms with E-state index in [1.54, 1.807) is 18.2 Å². The van der Waals surface area contributed by atoms with Crippen LogP contribution in [0.15, 0.2) is 28.0 Å². The molecule has 0 saturated heterocycles. The Morgan fingerprint density at radius 1 is 1.31 bits per heavy atom. The molecule has 3 nitrogen and oxygen atoms in total. The summed E-state index contributed by atoms with van der Waals surface area (Å²) in [5.41, 5.74) is 7.25. The fraction of sp³-hybridized carbons (Fsp3) is 0.333. The van der Waals surface area contributed by atoms with Crippen molar-refractivity contribution in [3.05, 3.63) is 34.2 Å². The molecule has 2 rings (SSSR count). The number of allylic oxidation sites excluding steroid dienone is 1. The molecule has 4 heteroatoms. The van der Waals surface area contributed by atoms with Crippen LogP contribution in [-0.2, 0) is 9.84 Å². The number of fused-ring (bicyclic) bond motifs is 1. The zero-order valence-electron chi connectivity index (χ0n) is 9.23. The molecule has 0 aromatic heterocycles. The van der Waals surface area contributed by atoms with E-state index in [1.165, 1.54) is 0 Å². The largest absolute Gasteiger partial charge is 0.330 e. The third kappa shape index (κ3) is 1.68. The predicted octanol–water partition coefficient (Wildman–Crippen LogP) is 1.86. The SMILES string of the molecule is Cc1cccc2c1C=C(CCCN)S2(=O)=O. The van der Waals surface area contributed by atoms with E-state index in [9.17, 15) is 8.42 Å². The van der Waals surface area contributed by atoms with E-state index in [0.717, 1.165) is 11.1 Å². The van der Waals surface area contributed by atoms with E-state index < -0.39 is 9.84 Å². The van der Waals surface area contributed by atoms with Gasteiger partial charge in [0.05, 0.1) is 4.90 Å². The Morgan fingerprint density at radius 3 is 2.69 bits per heavy atom. The fourth-order valence-electron chi connectivity index (χ4n) is 1.94. The molecular weight excluding hydrogens is 222 g/mol. The van der Waals surface area contributed by atoms with Crippen molar-refractivity contribution in [2.45, 2.75) is 24.7 Å². The zero-order valence-corrected chi connectivity index (χ0v) is 10.0. The summed E-state index contributed by atoms with van der Waals surface area (Å²) in [6, 6.07) is 5.38. The summed E-state index contributed by atoms with van der Waals surface area (Å²) >= 11 is 0. The maximum absolute atomic E-state index is 12.1. The van der Waals surface area contributed by atoms with Crippen LogP contribution in [-0.4, -0.2) is 15.0 Å². The van der Waals surface area contributed by atoms with Crippen LogP contribution in [0, 0.1) is 6.92 Å². The van der Waals surface area contributed by atoms with Crippen LogP contribution in [0.25, 0.3) is 6.08 Å². The van der Waals surface area contributed by atoms with Crippen LogP contribution in [0.5, 0.6) is 0 Å². The quantitative estimate of drug-likeness (QED) is 0.873. The van der Waals surface area contributed by atoms with E-state index in [1.807, 2.05) is 13.0 Å². The second-order valence-corrected chi connectivity index (χ2v) is 5.96. The van der Waals surface area contributed by atoms with Gasteiger partial charge in [0, 0.05) is 4.91 Å². The van der Waals surface area contributed by atoms with Gasteiger partial charge in [-0.05, 0) is 49.6 Å². The van der Waals surface area contributed by atoms with Crippen molar-refractivity contribution < 1.29 is 8.42 Å². The second kappa shape index (κ2) is 4.03. The first-order valence-corrected chi connectivity index (χ1v) is 6.81. The van der Waals surface area contributed by atoms with Crippen LogP contribution in [0.4, 0.5) is 0 Å². The van der Waals surface area contributed by atoms with E-state index in [-0.39, 0.29) is 0 Å². The Labute approximate surface area is 95.9 Å². The number of sulfone groups is 1. The molecular formula is C12H15NO2S. The lowest BCUT2D eigenvalue weighted by atomic mass is 10.1. The van der Waals surface area contributed by atoms with Crippen molar-refractivity contribution in [1.29, 1.82) is 0 Å². The van der Waals surface area contributed by atoms with E-state index in [0.29, 0.717) is 29.2 Å². The van der Waals surface area contributed by atoms with Crippen molar-refractivity contribution in [1.82, 2.24) is 0 Å². The third-order valence-electron chi connectivity index (χ3n) is 2.85. The molecule has 1 aliphatic rings. The highest BCUT2D eigenvalue weighted by molar-refractivity contribution is 7.95. The fourth-order valence-corrected chi connectivity index (χ4v) is 3.67. The lowest BCUT2D eigenvalue weighted by Gasteiger charge is -2.03. The lowest BCUT2D eigenvalue weighted by molar-refractivity contribution is 0.601. The first-order chi connectivity index (χ1) is 7.57. The molecule has 1 heterocycles. The van der Waals surface area contributed by atoms with Crippen molar-refractivity contribution in [3.63, 3.8) is 0 Å². The molecule has 0 unspecified atom stereocenters. The minimum Gasteiger partial charge on any atom is -0.330 e. The number of rotatable bonds is 3. The Kier molecular flexibility index (Phi) is 2.86. The normalized spacial score (nSPS) is 17.0. The molecule has 0 saturated carbocycles. The number of nitrogens with two attached hydrogens (primary N) is 1. The molecule has 2 N–H and O–H groups in total. The van der Waals surface area contributed by atoms with Gasteiger partial charge in [-0.1, -0.05) is 12.1 Å². The molecule has 16 heavy (non-hydrogen) atoms. The van der Waals surface area contributed by atoms with Crippen molar-refractivity contribution in [2.75, 3.05) is 6.54 Å². The van der Waals surface area contributed by atoms with Gasteiger partial charge in [0.2, 0.25) is 9.84 Å². The minimum absolute atomic E-state index is 0.444. The molecule has 1 aromatic rings. The van der Waals surface area contributed by atoms with Crippen LogP contribution in [0.3, 0.4) is 0 Å². The van der Waals surface area contributed by atoms with Gasteiger partial charge in [-0.25, -0.2) is 8.42 Å². The van der Waals surface area contributed by atoms with Gasteiger partial charge in [0.25, 0.3) is 0 Å². The Balaban J connectivity index is 2.49. The molecule has 0 spiro atoms. The van der Waals surface area contributed by atoms with Gasteiger partial charge in [0.1, 0.15) is 0 Å². The van der Waals surface area contributed by atoms with E-state index in [4.69, 9.17) is 5.73 Å². The number of hydrogen-bond donors (Lipinski definition) is 1. The van der Waals surface area contributed by atoms with E-state index >= 15 is 0 Å². The van der Waals surface area contributed by atoms with Crippen molar-refractivity contribution in [3.8, 4) is 0 Å². The van der Waals surface area contributed by atoms with Crippen LogP contribution in [0.1, 0.15) is 24.0 Å². The first kappa shape index (κ1) is 11.4. The van der Waals surface area contributed by atoms with Gasteiger partial charge in [0.15, 0.2) is 0 Å². The van der Waals surface area contributed by atoms with Crippen molar-refractivity contribution in [2.24, 2.45) is 5.73 Å². The standard InChI is InChI=1S/C12H15NO2S/c1-9-4-2-6-12-11(9)8-10(5-3-7-13)16(12,14)15/h2,4,6,8H,3,5,7,13H2,1H3. The molecule has 0 amide bonds. The summed E-state index contributed by atoms with van der Waals surface area (Å²) in [7, 11) is -3.24. The van der Waals surface area contributed by atoms with Gasteiger partial charge in [-0.2, -0.15) is 0 Å². The number of hydrogen-bond acceptors (Lipinski definition) is 3. The highest BCUT2D eigenvalue weighted by Crippen LogP contribution is 2.36. The lowest BCUT2D eigenvalue weighted by Crippen LogP contribution is -2.04. The summed E-state index contributed by atoms with van der Waals surface area (Å²) in [5, 5.41) is 0. The average Bonchev–Trinajstić information content (AvgIpc) is 2.50. The zero-order chi connectivity index (χ0) is 11.8. The summed E-state index contributed by atoms with van der Waals surface area (Å²) in [6.45, 7) is 2.44. The first-order valence-electron chi connectivity index (χ1n) is 5.32. The smallest absolute Gasteiger partial charge is 0.203 e. The molecule has 0 fully saturated rings. The maximum Gasteiger partial charge on any atom is 0.203 e. The van der Waals surface area contributed by atoms with Gasteiger partial charge >= 0.3 is 0 Å². The van der Waals surface area contributed by atoms with Gasteiger partial charge < -0.3 is 5.73 Å². The molecule has 1 aromatic carbocycles. The monoisotopic (exact) mass is 237 g/mol. The van der Waals surface area contributed by atoms with Crippen LogP contribution >= 0.6 is 0 Å². The average molecular weight is 237 g/mol. The van der Waals surface area contributed by atoms with Crippen molar-refractivity contribution >= 4 is 15.9 Å². The van der Waals surface area contributed by atoms with E-state index in [2.05, 4.69) is 0 Å². The van der Waals surface area contributed by atoms with Gasteiger partial charge in [-0.15, -0.1) is 0 Å². The Hall–Kier alpha value is -1.13. The maximum atomic E-state index is 12.1. The molecule has 86 valence electrons. The number of benzene rings is 1. The molecule has 0 atom stereocenters. The van der Waals surface area contributed by atoms with Crippen LogP contribution in [0.2, 0.25) is 0 Å². The summed E-state index contributed by atoms with van der Waals surface area (Å²) in [6.07, 6.45) is 3.03. The molecule has 0 aliphatic carbocycles. The number of aryl methyl sites for hydroxylation is 1. The molecule has 0 radical (unpaired) electrons. The highest BCUT2D eigenvalue weighted by Gasteiger charge is 2.29. The molecule has 1 aliphatic heterocycles. The second-order valence-electron chi connectivity index (χ2n) is 3.99. The minimum atomic E-state index is -3.24. The highest BCUT2D eigenvalue weighted by atomic mass is 32.2. The summed E-state index contributed by atoms with van der Waals surface area (Å²) < 4.78 is 24.3. The predicted molar refractivity (Wildman–Crippen MR) is 64.6 cm³/mol. The van der Waals surface area contributed by atoms with Gasteiger partial charge in [-0.3, -0.25) is 0 Å². The molecule has 0 bridgehead atoms. The Morgan fingerprint density at radius 2 is 2.06 bits per heavy atom. The summed E-state index contributed by atoms with van der Waals surface area (Å²) in [4.78, 5) is 0.946. The third-order valence-corrected chi connectivity index (χ3v) is 4.80. The topological polar surface area (TPSA) is 60.2 Å². The summed E-state index contributed by atoms with van der Waals surface area (Å²) in [5.74, 6) is 0.